The van der Waals surface area contributed by atoms with Crippen LogP contribution in [-0.2, 0) is 14.3 Å². The Morgan fingerprint density at radius 3 is 2.48 bits per heavy atom. The third-order valence-electron chi connectivity index (χ3n) is 2.74. The Kier molecular flexibility index (Phi) is 6.61. The lowest BCUT2D eigenvalue weighted by molar-refractivity contribution is -0.140. The van der Waals surface area contributed by atoms with Crippen molar-refractivity contribution in [2.24, 2.45) is 0 Å². The average Bonchev–Trinajstić information content (AvgIpc) is 2.45. The van der Waals surface area contributed by atoms with Gasteiger partial charge in [-0.1, -0.05) is 0 Å². The second kappa shape index (κ2) is 8.21. The summed E-state index contributed by atoms with van der Waals surface area (Å²) in [5.74, 6) is -1.44. The molecule has 1 aromatic carbocycles. The van der Waals surface area contributed by atoms with Gasteiger partial charge < -0.3 is 19.9 Å². The first kappa shape index (κ1) is 16.9. The number of aliphatic carboxylic acids is 1. The zero-order valence-electron chi connectivity index (χ0n) is 11.8. The lowest BCUT2D eigenvalue weighted by atomic mass is 10.2. The molecule has 0 spiro atoms. The van der Waals surface area contributed by atoms with Gasteiger partial charge in [-0.05, 0) is 31.2 Å². The van der Waals surface area contributed by atoms with Crippen LogP contribution in [0.25, 0.3) is 0 Å². The van der Waals surface area contributed by atoms with Gasteiger partial charge in [0.2, 0.25) is 0 Å². The number of benzene rings is 1. The van der Waals surface area contributed by atoms with Crippen molar-refractivity contribution in [3.05, 3.63) is 30.1 Å². The largest absolute Gasteiger partial charge is 0.481 e. The van der Waals surface area contributed by atoms with E-state index in [0.717, 1.165) is 0 Å². The predicted molar refractivity (Wildman–Crippen MR) is 72.5 cm³/mol. The SMILES string of the molecule is COC(CNC(=O)C(C)Oc1ccc(F)cc1)CC(=O)O. The molecule has 0 aliphatic rings. The van der Waals surface area contributed by atoms with Gasteiger partial charge in [0.25, 0.3) is 5.91 Å². The van der Waals surface area contributed by atoms with E-state index in [1.54, 1.807) is 0 Å². The molecule has 7 heteroatoms. The average molecular weight is 299 g/mol. The number of hydrogen-bond acceptors (Lipinski definition) is 4. The smallest absolute Gasteiger partial charge is 0.306 e. The summed E-state index contributed by atoms with van der Waals surface area (Å²) in [6.45, 7) is 1.61. The number of ether oxygens (including phenoxy) is 2. The van der Waals surface area contributed by atoms with Crippen LogP contribution in [0.15, 0.2) is 24.3 Å². The van der Waals surface area contributed by atoms with Crippen molar-refractivity contribution in [1.82, 2.24) is 5.32 Å². The van der Waals surface area contributed by atoms with Crippen molar-refractivity contribution in [3.8, 4) is 5.75 Å². The summed E-state index contributed by atoms with van der Waals surface area (Å²) < 4.78 is 23.0. The molecule has 0 fully saturated rings. The first-order valence-electron chi connectivity index (χ1n) is 6.37. The number of nitrogens with one attached hydrogen (secondary N) is 1. The summed E-state index contributed by atoms with van der Waals surface area (Å²) in [6, 6.07) is 5.30. The Morgan fingerprint density at radius 1 is 1.33 bits per heavy atom. The van der Waals surface area contributed by atoms with Gasteiger partial charge in [-0.2, -0.15) is 0 Å². The van der Waals surface area contributed by atoms with Crippen molar-refractivity contribution in [1.29, 1.82) is 0 Å². The van der Waals surface area contributed by atoms with Gasteiger partial charge in [-0.3, -0.25) is 9.59 Å². The minimum atomic E-state index is -1.01. The van der Waals surface area contributed by atoms with Crippen LogP contribution in [0.2, 0.25) is 0 Å². The van der Waals surface area contributed by atoms with Crippen LogP contribution < -0.4 is 10.1 Å². The van der Waals surface area contributed by atoms with Gasteiger partial charge in [-0.25, -0.2) is 4.39 Å². The summed E-state index contributed by atoms with van der Waals surface area (Å²) in [7, 11) is 1.37. The highest BCUT2D eigenvalue weighted by molar-refractivity contribution is 5.80. The van der Waals surface area contributed by atoms with Gasteiger partial charge >= 0.3 is 5.97 Å². The maximum Gasteiger partial charge on any atom is 0.306 e. The van der Waals surface area contributed by atoms with Gasteiger partial charge in [0.05, 0.1) is 12.5 Å². The second-order valence-corrected chi connectivity index (χ2v) is 4.41. The molecule has 0 heterocycles. The van der Waals surface area contributed by atoms with E-state index in [4.69, 9.17) is 14.6 Å². The van der Waals surface area contributed by atoms with E-state index < -0.39 is 29.9 Å². The molecule has 2 unspecified atom stereocenters. The van der Waals surface area contributed by atoms with E-state index in [-0.39, 0.29) is 13.0 Å². The first-order valence-corrected chi connectivity index (χ1v) is 6.37. The number of methoxy groups -OCH3 is 1. The van der Waals surface area contributed by atoms with E-state index >= 15 is 0 Å². The van der Waals surface area contributed by atoms with E-state index in [0.29, 0.717) is 5.75 Å². The molecule has 116 valence electrons. The molecular formula is C14H18FNO5. The van der Waals surface area contributed by atoms with Gasteiger partial charge in [0.15, 0.2) is 6.10 Å². The van der Waals surface area contributed by atoms with Crippen molar-refractivity contribution in [2.75, 3.05) is 13.7 Å². The molecule has 0 aliphatic heterocycles. The fraction of sp³-hybridized carbons (Fsp3) is 0.429. The summed E-state index contributed by atoms with van der Waals surface area (Å²) in [5.41, 5.74) is 0. The maximum atomic E-state index is 12.7. The fourth-order valence-electron chi connectivity index (χ4n) is 1.56. The van der Waals surface area contributed by atoms with Crippen LogP contribution in [0.3, 0.4) is 0 Å². The van der Waals surface area contributed by atoms with E-state index in [1.165, 1.54) is 38.3 Å². The maximum absolute atomic E-state index is 12.7. The molecule has 0 saturated heterocycles. The van der Waals surface area contributed by atoms with E-state index in [1.807, 2.05) is 0 Å². The summed E-state index contributed by atoms with van der Waals surface area (Å²) >= 11 is 0. The highest BCUT2D eigenvalue weighted by Crippen LogP contribution is 2.13. The van der Waals surface area contributed by atoms with Crippen LogP contribution in [-0.4, -0.2) is 42.8 Å². The van der Waals surface area contributed by atoms with Gasteiger partial charge in [0, 0.05) is 13.7 Å². The number of carbonyl (C=O) groups is 2. The second-order valence-electron chi connectivity index (χ2n) is 4.41. The Balaban J connectivity index is 2.43. The minimum absolute atomic E-state index is 0.0682. The highest BCUT2D eigenvalue weighted by atomic mass is 19.1. The summed E-state index contributed by atoms with van der Waals surface area (Å²) in [6.07, 6.45) is -1.61. The number of hydrogen-bond donors (Lipinski definition) is 2. The molecule has 1 amide bonds. The lowest BCUT2D eigenvalue weighted by Gasteiger charge is -2.17. The minimum Gasteiger partial charge on any atom is -0.481 e. The molecule has 21 heavy (non-hydrogen) atoms. The zero-order chi connectivity index (χ0) is 15.8. The molecule has 1 rings (SSSR count). The van der Waals surface area contributed by atoms with Crippen molar-refractivity contribution < 1.29 is 28.6 Å². The first-order chi connectivity index (χ1) is 9.92. The van der Waals surface area contributed by atoms with Gasteiger partial charge in [-0.15, -0.1) is 0 Å². The number of carbonyl (C=O) groups excluding carboxylic acids is 1. The highest BCUT2D eigenvalue weighted by Gasteiger charge is 2.18. The third kappa shape index (κ3) is 6.22. The molecule has 0 saturated carbocycles. The number of carboxylic acids is 1. The Hall–Kier alpha value is -2.15. The quantitative estimate of drug-likeness (QED) is 0.753. The molecule has 2 N–H and O–H groups in total. The summed E-state index contributed by atoms with van der Waals surface area (Å²) in [4.78, 5) is 22.4. The Bertz CT molecular complexity index is 477. The standard InChI is InChI=1S/C14H18FNO5/c1-9(21-11-5-3-10(15)4-6-11)14(19)16-8-12(20-2)7-13(17)18/h3-6,9,12H,7-8H2,1-2H3,(H,16,19)(H,17,18). The monoisotopic (exact) mass is 299 g/mol. The fourth-order valence-corrected chi connectivity index (χ4v) is 1.56. The number of rotatable bonds is 8. The molecule has 0 aromatic heterocycles. The predicted octanol–water partition coefficient (Wildman–Crippen LogP) is 1.20. The van der Waals surface area contributed by atoms with Crippen molar-refractivity contribution in [2.45, 2.75) is 25.6 Å². The van der Waals surface area contributed by atoms with E-state index in [9.17, 15) is 14.0 Å². The van der Waals surface area contributed by atoms with Crippen LogP contribution in [0, 0.1) is 5.82 Å². The molecule has 0 bridgehead atoms. The molecular weight excluding hydrogens is 281 g/mol. The number of carboxylic acid groups (broad SMARTS) is 1. The van der Waals surface area contributed by atoms with Crippen LogP contribution >= 0.6 is 0 Å². The molecule has 1 aromatic rings. The zero-order valence-corrected chi connectivity index (χ0v) is 11.8. The van der Waals surface area contributed by atoms with Crippen LogP contribution in [0.1, 0.15) is 13.3 Å². The summed E-state index contributed by atoms with van der Waals surface area (Å²) in [5, 5.41) is 11.2. The van der Waals surface area contributed by atoms with Crippen LogP contribution in [0.5, 0.6) is 5.75 Å². The van der Waals surface area contributed by atoms with Crippen molar-refractivity contribution in [3.63, 3.8) is 0 Å². The molecule has 6 nitrogen and oxygen atoms in total. The Morgan fingerprint density at radius 2 is 1.95 bits per heavy atom. The van der Waals surface area contributed by atoms with Gasteiger partial charge in [0.1, 0.15) is 11.6 Å². The molecule has 2 atom stereocenters. The molecule has 0 aliphatic carbocycles. The topological polar surface area (TPSA) is 84.9 Å². The van der Waals surface area contributed by atoms with Crippen LogP contribution in [0.4, 0.5) is 4.39 Å². The third-order valence-corrected chi connectivity index (χ3v) is 2.74. The number of amides is 1. The van der Waals surface area contributed by atoms with E-state index in [2.05, 4.69) is 5.32 Å². The van der Waals surface area contributed by atoms with Crippen molar-refractivity contribution >= 4 is 11.9 Å². The number of halogens is 1. The molecule has 0 radical (unpaired) electrons. The Labute approximate surface area is 121 Å². The normalized spacial score (nSPS) is 13.3. The lowest BCUT2D eigenvalue weighted by Crippen LogP contribution is -2.41.